The van der Waals surface area contributed by atoms with E-state index in [1.54, 1.807) is 18.2 Å². The Morgan fingerprint density at radius 3 is 2.30 bits per heavy atom. The van der Waals surface area contributed by atoms with Gasteiger partial charge < -0.3 is 10.6 Å². The standard InChI is InChI=1S/C21H21N3O2S/c1-13(2)16-6-10-18(11-7-16)24-20(26)19(23-21(24)27)12-15-4-8-17(9-5-15)22-14(3)25/h4-13H,1-3H3,(H,22,25)(H,23,27)/b19-12+. The summed E-state index contributed by atoms with van der Waals surface area (Å²) < 4.78 is 0. The smallest absolute Gasteiger partial charge is 0.281 e. The highest BCUT2D eigenvalue weighted by Gasteiger charge is 2.31. The van der Waals surface area contributed by atoms with Gasteiger partial charge in [-0.3, -0.25) is 14.5 Å². The molecule has 2 aromatic rings. The van der Waals surface area contributed by atoms with Gasteiger partial charge in [-0.05, 0) is 59.6 Å². The summed E-state index contributed by atoms with van der Waals surface area (Å²) in [5, 5.41) is 6.05. The van der Waals surface area contributed by atoms with Crippen molar-refractivity contribution in [1.29, 1.82) is 0 Å². The molecule has 1 saturated heterocycles. The molecule has 0 bridgehead atoms. The van der Waals surface area contributed by atoms with Gasteiger partial charge in [-0.15, -0.1) is 0 Å². The summed E-state index contributed by atoms with van der Waals surface area (Å²) in [5.41, 5.74) is 3.91. The zero-order chi connectivity index (χ0) is 19.6. The van der Waals surface area contributed by atoms with Crippen LogP contribution in [0.2, 0.25) is 0 Å². The van der Waals surface area contributed by atoms with Crippen LogP contribution in [0.5, 0.6) is 0 Å². The number of rotatable bonds is 4. The Labute approximate surface area is 164 Å². The molecule has 0 aliphatic carbocycles. The first-order valence-electron chi connectivity index (χ1n) is 8.70. The number of hydrogen-bond donors (Lipinski definition) is 2. The van der Waals surface area contributed by atoms with Crippen molar-refractivity contribution in [1.82, 2.24) is 5.32 Å². The van der Waals surface area contributed by atoms with E-state index in [2.05, 4.69) is 24.5 Å². The number of carbonyl (C=O) groups excluding carboxylic acids is 2. The Morgan fingerprint density at radius 2 is 1.74 bits per heavy atom. The minimum atomic E-state index is -0.191. The van der Waals surface area contributed by atoms with Crippen molar-refractivity contribution in [2.45, 2.75) is 26.7 Å². The van der Waals surface area contributed by atoms with Crippen LogP contribution >= 0.6 is 12.2 Å². The Balaban J connectivity index is 1.80. The Kier molecular flexibility index (Phi) is 5.37. The van der Waals surface area contributed by atoms with Crippen molar-refractivity contribution in [2.24, 2.45) is 0 Å². The first-order chi connectivity index (χ1) is 12.8. The van der Waals surface area contributed by atoms with Crippen molar-refractivity contribution < 1.29 is 9.59 Å². The van der Waals surface area contributed by atoms with Crippen molar-refractivity contribution >= 4 is 46.6 Å². The van der Waals surface area contributed by atoms with E-state index in [-0.39, 0.29) is 11.8 Å². The molecule has 27 heavy (non-hydrogen) atoms. The van der Waals surface area contributed by atoms with Crippen LogP contribution in [-0.2, 0) is 9.59 Å². The summed E-state index contributed by atoms with van der Waals surface area (Å²) in [6.07, 6.45) is 1.74. The van der Waals surface area contributed by atoms with E-state index in [1.807, 2.05) is 36.4 Å². The Morgan fingerprint density at radius 1 is 1.11 bits per heavy atom. The second-order valence-corrected chi connectivity index (χ2v) is 7.06. The van der Waals surface area contributed by atoms with Crippen molar-refractivity contribution in [3.8, 4) is 0 Å². The van der Waals surface area contributed by atoms with E-state index in [9.17, 15) is 9.59 Å². The zero-order valence-electron chi connectivity index (χ0n) is 15.4. The maximum atomic E-state index is 12.8. The molecule has 0 radical (unpaired) electrons. The second-order valence-electron chi connectivity index (χ2n) is 6.68. The highest BCUT2D eigenvalue weighted by atomic mass is 32.1. The number of benzene rings is 2. The van der Waals surface area contributed by atoms with Crippen LogP contribution in [0.15, 0.2) is 54.2 Å². The molecule has 2 amide bonds. The third-order valence-electron chi connectivity index (χ3n) is 4.24. The van der Waals surface area contributed by atoms with Crippen LogP contribution in [0.3, 0.4) is 0 Å². The Bertz CT molecular complexity index is 915. The van der Waals surface area contributed by atoms with Crippen LogP contribution < -0.4 is 15.5 Å². The lowest BCUT2D eigenvalue weighted by Crippen LogP contribution is -2.30. The molecule has 0 atom stereocenters. The fourth-order valence-electron chi connectivity index (χ4n) is 2.81. The lowest BCUT2D eigenvalue weighted by molar-refractivity contribution is -0.114. The number of thiocarbonyl (C=S) groups is 1. The van der Waals surface area contributed by atoms with Crippen LogP contribution in [0.25, 0.3) is 6.08 Å². The van der Waals surface area contributed by atoms with Crippen molar-refractivity contribution in [2.75, 3.05) is 10.2 Å². The predicted molar refractivity (Wildman–Crippen MR) is 112 cm³/mol. The fraction of sp³-hybridized carbons (Fsp3) is 0.190. The molecule has 3 rings (SSSR count). The van der Waals surface area contributed by atoms with E-state index >= 15 is 0 Å². The lowest BCUT2D eigenvalue weighted by Gasteiger charge is -2.15. The normalized spacial score (nSPS) is 15.4. The molecule has 0 saturated carbocycles. The van der Waals surface area contributed by atoms with Crippen molar-refractivity contribution in [3.63, 3.8) is 0 Å². The van der Waals surface area contributed by atoms with Gasteiger partial charge in [0.15, 0.2) is 5.11 Å². The van der Waals surface area contributed by atoms with Crippen LogP contribution in [0.4, 0.5) is 11.4 Å². The molecule has 0 unspecified atom stereocenters. The van der Waals surface area contributed by atoms with E-state index in [0.29, 0.717) is 22.4 Å². The topological polar surface area (TPSA) is 61.4 Å². The van der Waals surface area contributed by atoms with E-state index in [4.69, 9.17) is 12.2 Å². The van der Waals surface area contributed by atoms with Gasteiger partial charge in [-0.25, -0.2) is 0 Å². The number of hydrogen-bond acceptors (Lipinski definition) is 3. The number of amides is 2. The number of anilines is 2. The number of nitrogens with zero attached hydrogens (tertiary/aromatic N) is 1. The summed E-state index contributed by atoms with van der Waals surface area (Å²) in [4.78, 5) is 25.4. The average Bonchev–Trinajstić information content (AvgIpc) is 2.90. The molecular formula is C21H21N3O2S. The van der Waals surface area contributed by atoms with Crippen LogP contribution in [0, 0.1) is 0 Å². The molecule has 1 heterocycles. The minimum absolute atomic E-state index is 0.127. The molecular weight excluding hydrogens is 358 g/mol. The first kappa shape index (κ1) is 18.8. The molecule has 2 N–H and O–H groups in total. The van der Waals surface area contributed by atoms with Gasteiger partial charge in [0.05, 0.1) is 5.69 Å². The number of nitrogens with one attached hydrogen (secondary N) is 2. The monoisotopic (exact) mass is 379 g/mol. The SMILES string of the molecule is CC(=O)Nc1ccc(/C=C2/NC(=S)N(c3ccc(C(C)C)cc3)C2=O)cc1. The largest absolute Gasteiger partial charge is 0.327 e. The van der Waals surface area contributed by atoms with Gasteiger partial charge in [0.25, 0.3) is 5.91 Å². The molecule has 138 valence electrons. The summed E-state index contributed by atoms with van der Waals surface area (Å²) in [6.45, 7) is 5.71. The first-order valence-corrected chi connectivity index (χ1v) is 9.10. The lowest BCUT2D eigenvalue weighted by atomic mass is 10.0. The van der Waals surface area contributed by atoms with E-state index in [0.717, 1.165) is 11.3 Å². The number of carbonyl (C=O) groups is 2. The van der Waals surface area contributed by atoms with Gasteiger partial charge in [0.2, 0.25) is 5.91 Å². The highest BCUT2D eigenvalue weighted by molar-refractivity contribution is 7.80. The van der Waals surface area contributed by atoms with Gasteiger partial charge in [-0.1, -0.05) is 38.1 Å². The zero-order valence-corrected chi connectivity index (χ0v) is 16.3. The van der Waals surface area contributed by atoms with E-state index < -0.39 is 0 Å². The summed E-state index contributed by atoms with van der Waals surface area (Å²) in [7, 11) is 0. The predicted octanol–water partition coefficient (Wildman–Crippen LogP) is 4.03. The Hall–Kier alpha value is -2.99. The van der Waals surface area contributed by atoms with Gasteiger partial charge in [-0.2, -0.15) is 0 Å². The fourth-order valence-corrected chi connectivity index (χ4v) is 3.11. The van der Waals surface area contributed by atoms with Crippen LogP contribution in [0.1, 0.15) is 37.8 Å². The quantitative estimate of drug-likeness (QED) is 0.622. The van der Waals surface area contributed by atoms with E-state index in [1.165, 1.54) is 17.4 Å². The third kappa shape index (κ3) is 4.23. The molecule has 1 aliphatic rings. The molecule has 0 aromatic heterocycles. The molecule has 1 fully saturated rings. The van der Waals surface area contributed by atoms with Crippen LogP contribution in [-0.4, -0.2) is 16.9 Å². The highest BCUT2D eigenvalue weighted by Crippen LogP contribution is 2.25. The maximum absolute atomic E-state index is 12.8. The molecule has 1 aliphatic heterocycles. The van der Waals surface area contributed by atoms with Gasteiger partial charge >= 0.3 is 0 Å². The van der Waals surface area contributed by atoms with Gasteiger partial charge in [0, 0.05) is 12.6 Å². The summed E-state index contributed by atoms with van der Waals surface area (Å²) >= 11 is 5.35. The summed E-state index contributed by atoms with van der Waals surface area (Å²) in [5.74, 6) is 0.107. The van der Waals surface area contributed by atoms with Crippen molar-refractivity contribution in [3.05, 3.63) is 65.4 Å². The van der Waals surface area contributed by atoms with Gasteiger partial charge in [0.1, 0.15) is 5.70 Å². The molecule has 2 aromatic carbocycles. The maximum Gasteiger partial charge on any atom is 0.281 e. The third-order valence-corrected chi connectivity index (χ3v) is 4.52. The molecule has 0 spiro atoms. The summed E-state index contributed by atoms with van der Waals surface area (Å²) in [6, 6.07) is 15.1. The average molecular weight is 379 g/mol. The minimum Gasteiger partial charge on any atom is -0.327 e. The molecule has 6 heteroatoms. The second kappa shape index (κ2) is 7.72. The molecule has 5 nitrogen and oxygen atoms in total.